The predicted octanol–water partition coefficient (Wildman–Crippen LogP) is 4.82. The van der Waals surface area contributed by atoms with Gasteiger partial charge in [-0.2, -0.15) is 5.26 Å². The standard InChI is InChI=1S/C21H25N3O2S/c1-3-5-13-26-19-11-9-18(10-12-19)23-20(25)15-27-21-16(14-22)7-8-17(24-21)6-4-2/h7-12H,3-6,13,15H2,1-2H3,(H,23,25). The molecule has 1 amide bonds. The van der Waals surface area contributed by atoms with Gasteiger partial charge >= 0.3 is 0 Å². The van der Waals surface area contributed by atoms with E-state index in [-0.39, 0.29) is 11.7 Å². The monoisotopic (exact) mass is 383 g/mol. The summed E-state index contributed by atoms with van der Waals surface area (Å²) in [5.41, 5.74) is 2.16. The Hall–Kier alpha value is -2.52. The van der Waals surface area contributed by atoms with Crippen LogP contribution in [0.4, 0.5) is 5.69 Å². The van der Waals surface area contributed by atoms with Crippen LogP contribution < -0.4 is 10.1 Å². The number of pyridine rings is 1. The molecule has 0 radical (unpaired) electrons. The van der Waals surface area contributed by atoms with Gasteiger partial charge < -0.3 is 10.1 Å². The fourth-order valence-corrected chi connectivity index (χ4v) is 3.16. The van der Waals surface area contributed by atoms with Crippen molar-refractivity contribution in [2.24, 2.45) is 0 Å². The molecule has 0 bridgehead atoms. The minimum atomic E-state index is -0.133. The molecule has 0 spiro atoms. The number of rotatable bonds is 10. The molecule has 0 aliphatic rings. The number of anilines is 1. The molecular formula is C21H25N3O2S. The number of nitrogens with one attached hydrogen (secondary N) is 1. The van der Waals surface area contributed by atoms with E-state index in [1.807, 2.05) is 30.3 Å². The summed E-state index contributed by atoms with van der Waals surface area (Å²) in [5.74, 6) is 0.865. The minimum Gasteiger partial charge on any atom is -0.494 e. The van der Waals surface area contributed by atoms with Crippen LogP contribution in [-0.4, -0.2) is 23.3 Å². The zero-order chi connectivity index (χ0) is 19.5. The van der Waals surface area contributed by atoms with Gasteiger partial charge in [-0.15, -0.1) is 0 Å². The van der Waals surface area contributed by atoms with Gasteiger partial charge in [-0.3, -0.25) is 4.79 Å². The highest BCUT2D eigenvalue weighted by Crippen LogP contribution is 2.22. The first-order chi connectivity index (χ1) is 13.2. The van der Waals surface area contributed by atoms with Gasteiger partial charge in [0.15, 0.2) is 0 Å². The fourth-order valence-electron chi connectivity index (χ4n) is 2.37. The second kappa shape index (κ2) is 11.2. The lowest BCUT2D eigenvalue weighted by Crippen LogP contribution is -2.14. The number of carbonyl (C=O) groups is 1. The highest BCUT2D eigenvalue weighted by atomic mass is 32.2. The van der Waals surface area contributed by atoms with Crippen molar-refractivity contribution in [2.75, 3.05) is 17.7 Å². The molecule has 0 unspecified atom stereocenters. The van der Waals surface area contributed by atoms with Crippen LogP contribution >= 0.6 is 11.8 Å². The van der Waals surface area contributed by atoms with E-state index in [1.165, 1.54) is 11.8 Å². The van der Waals surface area contributed by atoms with E-state index in [9.17, 15) is 10.1 Å². The van der Waals surface area contributed by atoms with E-state index in [4.69, 9.17) is 4.74 Å². The van der Waals surface area contributed by atoms with Gasteiger partial charge in [-0.05, 0) is 49.2 Å². The average Bonchev–Trinajstić information content (AvgIpc) is 2.68. The average molecular weight is 384 g/mol. The number of amides is 1. The molecule has 0 fully saturated rings. The molecule has 0 saturated heterocycles. The van der Waals surface area contributed by atoms with Gasteiger partial charge in [-0.25, -0.2) is 4.98 Å². The van der Waals surface area contributed by atoms with Crippen molar-refractivity contribution in [2.45, 2.75) is 44.6 Å². The van der Waals surface area contributed by atoms with Crippen LogP contribution in [0.2, 0.25) is 0 Å². The normalized spacial score (nSPS) is 10.3. The number of hydrogen-bond acceptors (Lipinski definition) is 5. The van der Waals surface area contributed by atoms with E-state index >= 15 is 0 Å². The smallest absolute Gasteiger partial charge is 0.234 e. The van der Waals surface area contributed by atoms with Gasteiger partial charge in [0.25, 0.3) is 0 Å². The Labute approximate surface area is 165 Å². The molecule has 5 nitrogen and oxygen atoms in total. The Balaban J connectivity index is 1.89. The molecule has 6 heteroatoms. The van der Waals surface area contributed by atoms with Crippen LogP contribution in [0.3, 0.4) is 0 Å². The van der Waals surface area contributed by atoms with Crippen LogP contribution in [0.25, 0.3) is 0 Å². The SMILES string of the molecule is CCCCOc1ccc(NC(=O)CSc2nc(CCC)ccc2C#N)cc1. The summed E-state index contributed by atoms with van der Waals surface area (Å²) in [5, 5.41) is 12.7. The summed E-state index contributed by atoms with van der Waals surface area (Å²) in [4.78, 5) is 16.7. The van der Waals surface area contributed by atoms with Crippen molar-refractivity contribution in [1.29, 1.82) is 5.26 Å². The molecule has 2 aromatic rings. The van der Waals surface area contributed by atoms with Crippen molar-refractivity contribution < 1.29 is 9.53 Å². The Morgan fingerprint density at radius 1 is 1.19 bits per heavy atom. The van der Waals surface area contributed by atoms with Gasteiger partial charge in [0.2, 0.25) is 5.91 Å². The molecular weight excluding hydrogens is 358 g/mol. The third-order valence-electron chi connectivity index (χ3n) is 3.79. The molecule has 1 N–H and O–H groups in total. The summed E-state index contributed by atoms with van der Waals surface area (Å²) in [6.45, 7) is 4.90. The lowest BCUT2D eigenvalue weighted by atomic mass is 10.2. The summed E-state index contributed by atoms with van der Waals surface area (Å²) < 4.78 is 5.61. The number of benzene rings is 1. The number of nitriles is 1. The van der Waals surface area contributed by atoms with Gasteiger partial charge in [0.05, 0.1) is 17.9 Å². The number of aromatic nitrogens is 1. The zero-order valence-electron chi connectivity index (χ0n) is 15.8. The molecule has 1 aromatic carbocycles. The largest absolute Gasteiger partial charge is 0.494 e. The summed E-state index contributed by atoms with van der Waals surface area (Å²) >= 11 is 1.29. The van der Waals surface area contributed by atoms with Crippen molar-refractivity contribution in [3.8, 4) is 11.8 Å². The molecule has 0 atom stereocenters. The fraction of sp³-hybridized carbons (Fsp3) is 0.381. The Bertz CT molecular complexity index is 785. The summed E-state index contributed by atoms with van der Waals surface area (Å²) in [7, 11) is 0. The Kier molecular flexibility index (Phi) is 8.66. The lowest BCUT2D eigenvalue weighted by Gasteiger charge is -2.09. The maximum Gasteiger partial charge on any atom is 0.234 e. The highest BCUT2D eigenvalue weighted by Gasteiger charge is 2.10. The summed E-state index contributed by atoms with van der Waals surface area (Å²) in [6, 6.07) is 13.1. The quantitative estimate of drug-likeness (QED) is 0.470. The predicted molar refractivity (Wildman–Crippen MR) is 109 cm³/mol. The number of aryl methyl sites for hydroxylation is 1. The maximum absolute atomic E-state index is 12.2. The molecule has 1 heterocycles. The first kappa shape index (κ1) is 20.8. The minimum absolute atomic E-state index is 0.133. The van der Waals surface area contributed by atoms with Crippen molar-refractivity contribution in [1.82, 2.24) is 4.98 Å². The number of ether oxygens (including phenoxy) is 1. The third kappa shape index (κ3) is 6.95. The van der Waals surface area contributed by atoms with Crippen LogP contribution in [0.15, 0.2) is 41.4 Å². The second-order valence-electron chi connectivity index (χ2n) is 6.08. The molecule has 1 aromatic heterocycles. The maximum atomic E-state index is 12.2. The van der Waals surface area contributed by atoms with E-state index < -0.39 is 0 Å². The van der Waals surface area contributed by atoms with Crippen LogP contribution in [0.5, 0.6) is 5.75 Å². The molecule has 0 aliphatic carbocycles. The molecule has 27 heavy (non-hydrogen) atoms. The first-order valence-electron chi connectivity index (χ1n) is 9.21. The highest BCUT2D eigenvalue weighted by molar-refractivity contribution is 8.00. The van der Waals surface area contributed by atoms with Gasteiger partial charge in [0.1, 0.15) is 16.8 Å². The van der Waals surface area contributed by atoms with E-state index in [2.05, 4.69) is 30.2 Å². The number of hydrogen-bond donors (Lipinski definition) is 1. The Morgan fingerprint density at radius 2 is 1.96 bits per heavy atom. The molecule has 0 aliphatic heterocycles. The van der Waals surface area contributed by atoms with Crippen molar-refractivity contribution in [3.63, 3.8) is 0 Å². The zero-order valence-corrected chi connectivity index (χ0v) is 16.6. The van der Waals surface area contributed by atoms with Gasteiger partial charge in [-0.1, -0.05) is 38.5 Å². The topological polar surface area (TPSA) is 75.0 Å². The third-order valence-corrected chi connectivity index (χ3v) is 4.78. The number of carbonyl (C=O) groups excluding carboxylic acids is 1. The summed E-state index contributed by atoms with van der Waals surface area (Å²) in [6.07, 6.45) is 3.96. The van der Waals surface area contributed by atoms with E-state index in [0.29, 0.717) is 17.2 Å². The number of nitrogens with zero attached hydrogens (tertiary/aromatic N) is 2. The molecule has 2 rings (SSSR count). The lowest BCUT2D eigenvalue weighted by molar-refractivity contribution is -0.113. The van der Waals surface area contributed by atoms with E-state index in [1.54, 1.807) is 6.07 Å². The van der Waals surface area contributed by atoms with Crippen LogP contribution in [0, 0.1) is 11.3 Å². The molecule has 142 valence electrons. The molecule has 0 saturated carbocycles. The van der Waals surface area contributed by atoms with Crippen LogP contribution in [0.1, 0.15) is 44.4 Å². The first-order valence-corrected chi connectivity index (χ1v) is 10.2. The van der Waals surface area contributed by atoms with Crippen LogP contribution in [-0.2, 0) is 11.2 Å². The van der Waals surface area contributed by atoms with Crippen molar-refractivity contribution in [3.05, 3.63) is 47.7 Å². The second-order valence-corrected chi connectivity index (χ2v) is 7.04. The Morgan fingerprint density at radius 3 is 2.63 bits per heavy atom. The van der Waals surface area contributed by atoms with Gasteiger partial charge in [0, 0.05) is 11.4 Å². The van der Waals surface area contributed by atoms with Crippen molar-refractivity contribution >= 4 is 23.4 Å². The number of thioether (sulfide) groups is 1. The van der Waals surface area contributed by atoms with E-state index in [0.717, 1.165) is 42.8 Å². The number of unbranched alkanes of at least 4 members (excludes halogenated alkanes) is 1.